The molecule has 42 heavy (non-hydrogen) atoms. The van der Waals surface area contributed by atoms with E-state index in [9.17, 15) is 30.6 Å². The molecule has 21 heteroatoms. The van der Waals surface area contributed by atoms with Gasteiger partial charge in [-0.15, -0.1) is 0 Å². The number of likely N-dealkylation sites (N-methyl/N-ethyl adjacent to an activating group) is 1. The standard InChI is InChI=1S/C21H41N5O11.H2O4S/c1-26-11-14(30)18-8(33-20(11)37-21-16(32)13(29)10(25)9(4-27)34-21)3-7(24)19(36-18)35-17-6(23)2-5(22)12(28)15(17)31;1-5(2,3)4/h5-21,26-32H,2-4,22-25H2,1H3;(H2,1,2,3,4)/t5-,6-,7-,8-,9+,10-,11-,12-,13-,14+,15+,16+,17+,18+,19-,20+,21+;/m1./s1. The third kappa shape index (κ3) is 8.28. The van der Waals surface area contributed by atoms with Crippen molar-refractivity contribution < 1.29 is 71.8 Å². The molecule has 0 aromatic heterocycles. The van der Waals surface area contributed by atoms with E-state index in [0.717, 1.165) is 0 Å². The van der Waals surface area contributed by atoms with E-state index in [-0.39, 0.29) is 12.8 Å². The summed E-state index contributed by atoms with van der Waals surface area (Å²) in [5.41, 5.74) is 24.0. The molecule has 4 aliphatic rings. The Morgan fingerprint density at radius 3 is 1.95 bits per heavy atom. The third-order valence-electron chi connectivity index (χ3n) is 7.74. The Balaban J connectivity index is 0.000000892. The molecule has 1 aliphatic carbocycles. The summed E-state index contributed by atoms with van der Waals surface area (Å²) in [6, 6.07) is -4.05. The number of hydrogen-bond acceptors (Lipinski definition) is 18. The Labute approximate surface area is 241 Å². The smallest absolute Gasteiger partial charge is 0.394 e. The zero-order chi connectivity index (χ0) is 31.7. The molecule has 3 aliphatic heterocycles. The number of fused-ring (bicyclic) bond motifs is 1. The molecule has 1 saturated carbocycles. The predicted molar refractivity (Wildman–Crippen MR) is 137 cm³/mol. The maximum Gasteiger partial charge on any atom is 0.394 e. The Kier molecular flexibility index (Phi) is 12.4. The van der Waals surface area contributed by atoms with E-state index in [0.29, 0.717) is 0 Å². The fourth-order valence-corrected chi connectivity index (χ4v) is 5.46. The highest BCUT2D eigenvalue weighted by molar-refractivity contribution is 7.79. The number of aliphatic hydroxyl groups excluding tert-OH is 6. The fraction of sp³-hybridized carbons (Fsp3) is 1.00. The lowest BCUT2D eigenvalue weighted by Crippen LogP contribution is -2.70. The van der Waals surface area contributed by atoms with Crippen LogP contribution < -0.4 is 28.3 Å². The summed E-state index contributed by atoms with van der Waals surface area (Å²) < 4.78 is 60.8. The molecule has 3 saturated heterocycles. The monoisotopic (exact) mass is 637 g/mol. The van der Waals surface area contributed by atoms with E-state index in [1.165, 1.54) is 0 Å². The van der Waals surface area contributed by atoms with E-state index in [1.54, 1.807) is 7.05 Å². The van der Waals surface area contributed by atoms with Gasteiger partial charge in [0.2, 0.25) is 0 Å². The molecule has 248 valence electrons. The van der Waals surface area contributed by atoms with Crippen molar-refractivity contribution in [2.75, 3.05) is 13.7 Å². The van der Waals surface area contributed by atoms with Crippen molar-refractivity contribution in [1.29, 1.82) is 0 Å². The number of aliphatic hydroxyl groups is 6. The van der Waals surface area contributed by atoms with E-state index in [4.69, 9.17) is 64.1 Å². The van der Waals surface area contributed by atoms with Crippen molar-refractivity contribution in [3.05, 3.63) is 0 Å². The van der Waals surface area contributed by atoms with Gasteiger partial charge in [-0.2, -0.15) is 8.42 Å². The Morgan fingerprint density at radius 2 is 1.38 bits per heavy atom. The average Bonchev–Trinajstić information content (AvgIpc) is 2.90. The van der Waals surface area contributed by atoms with Crippen LogP contribution in [0.3, 0.4) is 0 Å². The zero-order valence-corrected chi connectivity index (χ0v) is 23.4. The second-order valence-electron chi connectivity index (χ2n) is 10.7. The van der Waals surface area contributed by atoms with Gasteiger partial charge in [-0.05, 0) is 19.9 Å². The van der Waals surface area contributed by atoms with Crippen LogP contribution in [0, 0.1) is 0 Å². The zero-order valence-electron chi connectivity index (χ0n) is 22.6. The summed E-state index contributed by atoms with van der Waals surface area (Å²) in [6.07, 6.45) is -13.7. The summed E-state index contributed by atoms with van der Waals surface area (Å²) in [5.74, 6) is 0. The number of nitrogens with two attached hydrogens (primary N) is 4. The first kappa shape index (κ1) is 35.7. The van der Waals surface area contributed by atoms with Gasteiger partial charge >= 0.3 is 10.4 Å². The molecule has 3 heterocycles. The summed E-state index contributed by atoms with van der Waals surface area (Å²) in [7, 11) is -3.11. The molecule has 0 aromatic carbocycles. The number of ether oxygens (including phenoxy) is 5. The highest BCUT2D eigenvalue weighted by Crippen LogP contribution is 2.35. The minimum atomic E-state index is -4.67. The molecule has 4 fully saturated rings. The first-order valence-electron chi connectivity index (χ1n) is 13.2. The van der Waals surface area contributed by atoms with E-state index in [1.807, 2.05) is 0 Å². The molecule has 0 amide bonds. The average molecular weight is 638 g/mol. The van der Waals surface area contributed by atoms with Crippen molar-refractivity contribution in [2.24, 2.45) is 22.9 Å². The van der Waals surface area contributed by atoms with E-state index >= 15 is 0 Å². The quantitative estimate of drug-likeness (QED) is 0.120. The fourth-order valence-electron chi connectivity index (χ4n) is 5.46. The lowest BCUT2D eigenvalue weighted by Gasteiger charge is -2.51. The van der Waals surface area contributed by atoms with Crippen LogP contribution in [-0.4, -0.2) is 166 Å². The second-order valence-corrected chi connectivity index (χ2v) is 11.6. The van der Waals surface area contributed by atoms with Crippen LogP contribution in [-0.2, 0) is 34.1 Å². The van der Waals surface area contributed by atoms with Crippen LogP contribution >= 0.6 is 0 Å². The van der Waals surface area contributed by atoms with Crippen LogP contribution in [0.1, 0.15) is 12.8 Å². The normalized spacial score (nSPS) is 49.9. The molecule has 0 spiro atoms. The molecule has 4 rings (SSSR count). The van der Waals surface area contributed by atoms with Crippen molar-refractivity contribution >= 4 is 10.4 Å². The molecular formula is C21H43N5O15S. The maximum absolute atomic E-state index is 11.1. The third-order valence-corrected chi connectivity index (χ3v) is 7.74. The van der Waals surface area contributed by atoms with Crippen molar-refractivity contribution in [2.45, 2.75) is 117 Å². The Morgan fingerprint density at radius 1 is 0.762 bits per heavy atom. The van der Waals surface area contributed by atoms with E-state index in [2.05, 4.69) is 5.32 Å². The van der Waals surface area contributed by atoms with Gasteiger partial charge in [-0.1, -0.05) is 0 Å². The van der Waals surface area contributed by atoms with Gasteiger partial charge < -0.3 is 82.6 Å². The molecule has 17 atom stereocenters. The second kappa shape index (κ2) is 14.6. The van der Waals surface area contributed by atoms with Gasteiger partial charge in [0.1, 0.15) is 42.7 Å². The number of rotatable bonds is 6. The minimum Gasteiger partial charge on any atom is -0.394 e. The van der Waals surface area contributed by atoms with Gasteiger partial charge in [0.15, 0.2) is 18.9 Å². The highest BCUT2D eigenvalue weighted by atomic mass is 32.3. The van der Waals surface area contributed by atoms with Crippen LogP contribution in [0.5, 0.6) is 0 Å². The molecule has 0 unspecified atom stereocenters. The topological polar surface area (TPSA) is 358 Å². The highest BCUT2D eigenvalue weighted by Gasteiger charge is 2.54. The first-order valence-corrected chi connectivity index (χ1v) is 14.6. The van der Waals surface area contributed by atoms with Crippen molar-refractivity contribution in [3.63, 3.8) is 0 Å². The van der Waals surface area contributed by atoms with Crippen LogP contribution in [0.15, 0.2) is 0 Å². The van der Waals surface area contributed by atoms with Crippen LogP contribution in [0.25, 0.3) is 0 Å². The molecular weight excluding hydrogens is 594 g/mol. The van der Waals surface area contributed by atoms with Crippen molar-refractivity contribution in [3.8, 4) is 0 Å². The SMILES string of the molecule is CN[C@H]1[C@H](O[C@@H]2O[C@@H](CO)[C@@H](N)[C@@H](O)[C@@H]2O)O[C@@H]2C[C@@H](N)[C@H](O[C@@H]3[C@@H](O)[C@H](O)[C@H](N)C[C@H]3N)O[C@@H]2[C@H]1O.O=S(=O)(O)O. The van der Waals surface area contributed by atoms with Gasteiger partial charge in [0.25, 0.3) is 0 Å². The molecule has 20 nitrogen and oxygen atoms in total. The summed E-state index contributed by atoms with van der Waals surface area (Å²) >= 11 is 0. The van der Waals surface area contributed by atoms with Crippen LogP contribution in [0.2, 0.25) is 0 Å². The van der Waals surface area contributed by atoms with Gasteiger partial charge in [0.05, 0.1) is 36.9 Å². The number of hydrogen-bond donors (Lipinski definition) is 13. The number of nitrogens with one attached hydrogen (secondary N) is 1. The molecule has 0 radical (unpaired) electrons. The summed E-state index contributed by atoms with van der Waals surface area (Å²) in [4.78, 5) is 0. The summed E-state index contributed by atoms with van der Waals surface area (Å²) in [5, 5.41) is 64.7. The van der Waals surface area contributed by atoms with E-state index < -0.39 is 121 Å². The lowest BCUT2D eigenvalue weighted by atomic mass is 9.84. The molecule has 0 aromatic rings. The Hall–Kier alpha value is -0.770. The largest absolute Gasteiger partial charge is 0.394 e. The Bertz CT molecular complexity index is 960. The van der Waals surface area contributed by atoms with Crippen LogP contribution in [0.4, 0.5) is 0 Å². The molecule has 17 N–H and O–H groups in total. The predicted octanol–water partition coefficient (Wildman–Crippen LogP) is -7.60. The lowest BCUT2D eigenvalue weighted by molar-refractivity contribution is -0.373. The molecule has 0 bridgehead atoms. The maximum atomic E-state index is 11.1. The van der Waals surface area contributed by atoms with Gasteiger partial charge in [-0.25, -0.2) is 0 Å². The summed E-state index contributed by atoms with van der Waals surface area (Å²) in [6.45, 7) is -0.508. The van der Waals surface area contributed by atoms with Crippen molar-refractivity contribution in [1.82, 2.24) is 5.32 Å². The minimum absolute atomic E-state index is 0.156. The first-order chi connectivity index (χ1) is 19.5. The van der Waals surface area contributed by atoms with Gasteiger partial charge in [-0.3, -0.25) is 9.11 Å². The van der Waals surface area contributed by atoms with Gasteiger partial charge in [0, 0.05) is 12.1 Å².